The van der Waals surface area contributed by atoms with Crippen LogP contribution in [0.5, 0.6) is 0 Å². The van der Waals surface area contributed by atoms with Gasteiger partial charge in [-0.3, -0.25) is 4.99 Å². The summed E-state index contributed by atoms with van der Waals surface area (Å²) in [5, 5.41) is 6.99. The molecule has 1 aliphatic carbocycles. The van der Waals surface area contributed by atoms with E-state index in [1.165, 1.54) is 31.2 Å². The molecular formula is C20H34N4O. The number of likely N-dealkylation sites (N-methyl/N-ethyl adjacent to an activating group) is 1. The first kappa shape index (κ1) is 19.7. The first-order valence-corrected chi connectivity index (χ1v) is 9.38. The molecule has 0 aromatic heterocycles. The predicted molar refractivity (Wildman–Crippen MR) is 105 cm³/mol. The van der Waals surface area contributed by atoms with Crippen LogP contribution in [0.1, 0.15) is 31.2 Å². The van der Waals surface area contributed by atoms with Crippen LogP contribution in [0.3, 0.4) is 0 Å². The number of benzene rings is 1. The van der Waals surface area contributed by atoms with Gasteiger partial charge in [0.1, 0.15) is 0 Å². The molecule has 0 amide bonds. The van der Waals surface area contributed by atoms with E-state index in [4.69, 9.17) is 4.74 Å². The minimum absolute atomic E-state index is 0.244. The number of hydrogen-bond donors (Lipinski definition) is 2. The summed E-state index contributed by atoms with van der Waals surface area (Å²) in [5.74, 6) is 0.891. The van der Waals surface area contributed by atoms with E-state index in [1.54, 1.807) is 7.11 Å². The number of ether oxygens (including phenoxy) is 1. The van der Waals surface area contributed by atoms with Crippen LogP contribution < -0.4 is 10.6 Å². The van der Waals surface area contributed by atoms with E-state index in [0.29, 0.717) is 0 Å². The summed E-state index contributed by atoms with van der Waals surface area (Å²) in [7, 11) is 5.69. The smallest absolute Gasteiger partial charge is 0.191 e. The largest absolute Gasteiger partial charge is 0.383 e. The maximum Gasteiger partial charge on any atom is 0.191 e. The van der Waals surface area contributed by atoms with Crippen molar-refractivity contribution in [3.05, 3.63) is 35.9 Å². The second-order valence-electron chi connectivity index (χ2n) is 7.00. The highest BCUT2D eigenvalue weighted by Gasteiger charge is 2.35. The first-order valence-electron chi connectivity index (χ1n) is 9.38. The molecule has 2 rings (SSSR count). The number of nitrogens with one attached hydrogen (secondary N) is 2. The number of nitrogens with zero attached hydrogens (tertiary/aromatic N) is 2. The lowest BCUT2D eigenvalue weighted by molar-refractivity contribution is 0.162. The Kier molecular flexibility index (Phi) is 8.22. The Morgan fingerprint density at radius 2 is 1.88 bits per heavy atom. The van der Waals surface area contributed by atoms with Crippen LogP contribution >= 0.6 is 0 Å². The summed E-state index contributed by atoms with van der Waals surface area (Å²) in [4.78, 5) is 6.64. The van der Waals surface area contributed by atoms with E-state index < -0.39 is 0 Å². The van der Waals surface area contributed by atoms with Crippen molar-refractivity contribution in [1.82, 2.24) is 15.5 Å². The number of methoxy groups -OCH3 is 1. The first-order chi connectivity index (χ1) is 12.2. The van der Waals surface area contributed by atoms with Crippen LogP contribution in [-0.4, -0.2) is 64.9 Å². The maximum atomic E-state index is 5.11. The fourth-order valence-electron chi connectivity index (χ4n) is 3.61. The molecule has 0 heterocycles. The van der Waals surface area contributed by atoms with Crippen LogP contribution in [0.2, 0.25) is 0 Å². The van der Waals surface area contributed by atoms with Gasteiger partial charge in [0.2, 0.25) is 0 Å². The van der Waals surface area contributed by atoms with Crippen molar-refractivity contribution in [2.45, 2.75) is 31.1 Å². The number of aliphatic imine (C=N–C) groups is 1. The average Bonchev–Trinajstić information content (AvgIpc) is 3.13. The molecule has 1 aromatic rings. The molecule has 1 fully saturated rings. The second-order valence-corrected chi connectivity index (χ2v) is 7.00. The lowest BCUT2D eigenvalue weighted by Crippen LogP contribution is -2.46. The van der Waals surface area contributed by atoms with Crippen LogP contribution in [0.15, 0.2) is 35.3 Å². The summed E-state index contributed by atoms with van der Waals surface area (Å²) < 4.78 is 5.11. The molecule has 2 N–H and O–H groups in total. The average molecular weight is 347 g/mol. The molecule has 140 valence electrons. The summed E-state index contributed by atoms with van der Waals surface area (Å²) in [6.45, 7) is 4.49. The lowest BCUT2D eigenvalue weighted by Gasteiger charge is -2.31. The van der Waals surface area contributed by atoms with Crippen LogP contribution in [0.25, 0.3) is 0 Å². The van der Waals surface area contributed by atoms with Crippen molar-refractivity contribution in [3.8, 4) is 0 Å². The molecule has 25 heavy (non-hydrogen) atoms. The minimum atomic E-state index is 0.244. The van der Waals surface area contributed by atoms with Gasteiger partial charge in [-0.2, -0.15) is 0 Å². The fraction of sp³-hybridized carbons (Fsp3) is 0.650. The molecule has 0 aliphatic heterocycles. The van der Waals surface area contributed by atoms with Gasteiger partial charge < -0.3 is 20.3 Å². The van der Waals surface area contributed by atoms with Crippen LogP contribution in [0.4, 0.5) is 0 Å². The highest BCUT2D eigenvalue weighted by Crippen LogP contribution is 2.40. The minimum Gasteiger partial charge on any atom is -0.383 e. The fourth-order valence-corrected chi connectivity index (χ4v) is 3.61. The Balaban J connectivity index is 1.82. The summed E-state index contributed by atoms with van der Waals surface area (Å²) >= 11 is 0. The Morgan fingerprint density at radius 3 is 2.52 bits per heavy atom. The van der Waals surface area contributed by atoms with E-state index in [2.05, 4.69) is 57.9 Å². The highest BCUT2D eigenvalue weighted by atomic mass is 16.5. The Hall–Kier alpha value is -1.59. The zero-order valence-electron chi connectivity index (χ0n) is 16.1. The quantitative estimate of drug-likeness (QED) is 0.532. The van der Waals surface area contributed by atoms with E-state index >= 15 is 0 Å². The molecule has 5 nitrogen and oxygen atoms in total. The standard InChI is InChI=1S/C20H34N4O/c1-21-19(22-13-14-24(2)15-16-25-3)23-17-20(11-7-8-12-20)18-9-5-4-6-10-18/h4-6,9-10H,7-8,11-17H2,1-3H3,(H2,21,22,23). The summed E-state index contributed by atoms with van der Waals surface area (Å²) in [6, 6.07) is 10.9. The molecular weight excluding hydrogens is 312 g/mol. The van der Waals surface area contributed by atoms with Gasteiger partial charge in [-0.25, -0.2) is 0 Å². The monoisotopic (exact) mass is 346 g/mol. The van der Waals surface area contributed by atoms with Crippen molar-refractivity contribution >= 4 is 5.96 Å². The van der Waals surface area contributed by atoms with Gasteiger partial charge in [0.05, 0.1) is 6.61 Å². The number of rotatable bonds is 9. The van der Waals surface area contributed by atoms with Crippen LogP contribution in [0, 0.1) is 0 Å². The third-order valence-electron chi connectivity index (χ3n) is 5.23. The zero-order valence-corrected chi connectivity index (χ0v) is 16.1. The number of hydrogen-bond acceptors (Lipinski definition) is 3. The normalized spacial score (nSPS) is 17.0. The van der Waals surface area contributed by atoms with E-state index in [1.807, 2.05) is 7.05 Å². The second kappa shape index (κ2) is 10.4. The van der Waals surface area contributed by atoms with E-state index in [-0.39, 0.29) is 5.41 Å². The molecule has 5 heteroatoms. The van der Waals surface area contributed by atoms with Gasteiger partial charge >= 0.3 is 0 Å². The van der Waals surface area contributed by atoms with E-state index in [9.17, 15) is 0 Å². The van der Waals surface area contributed by atoms with Crippen molar-refractivity contribution in [2.75, 3.05) is 54.0 Å². The topological polar surface area (TPSA) is 48.9 Å². The van der Waals surface area contributed by atoms with E-state index in [0.717, 1.165) is 38.7 Å². The number of guanidine groups is 1. The third-order valence-corrected chi connectivity index (χ3v) is 5.23. The lowest BCUT2D eigenvalue weighted by atomic mass is 9.79. The molecule has 0 saturated heterocycles. The third kappa shape index (κ3) is 6.01. The van der Waals surface area contributed by atoms with Crippen molar-refractivity contribution in [2.24, 2.45) is 4.99 Å². The Bertz CT molecular complexity index is 512. The predicted octanol–water partition coefficient (Wildman–Crippen LogP) is 2.24. The Morgan fingerprint density at radius 1 is 1.16 bits per heavy atom. The summed E-state index contributed by atoms with van der Waals surface area (Å²) in [5.41, 5.74) is 1.70. The molecule has 1 saturated carbocycles. The van der Waals surface area contributed by atoms with Crippen molar-refractivity contribution in [1.29, 1.82) is 0 Å². The van der Waals surface area contributed by atoms with Crippen LogP contribution in [-0.2, 0) is 10.2 Å². The van der Waals surface area contributed by atoms with Gasteiger partial charge in [0.25, 0.3) is 0 Å². The van der Waals surface area contributed by atoms with Crippen molar-refractivity contribution < 1.29 is 4.74 Å². The molecule has 0 unspecified atom stereocenters. The van der Waals surface area contributed by atoms with Gasteiger partial charge in [-0.05, 0) is 25.5 Å². The van der Waals surface area contributed by atoms with Gasteiger partial charge in [0.15, 0.2) is 5.96 Å². The van der Waals surface area contributed by atoms with Gasteiger partial charge in [0, 0.05) is 45.8 Å². The maximum absolute atomic E-state index is 5.11. The highest BCUT2D eigenvalue weighted by molar-refractivity contribution is 5.79. The molecule has 0 spiro atoms. The van der Waals surface area contributed by atoms with Gasteiger partial charge in [-0.15, -0.1) is 0 Å². The summed E-state index contributed by atoms with van der Waals surface area (Å²) in [6.07, 6.45) is 5.13. The van der Waals surface area contributed by atoms with Crippen molar-refractivity contribution in [3.63, 3.8) is 0 Å². The molecule has 0 radical (unpaired) electrons. The molecule has 1 aliphatic rings. The van der Waals surface area contributed by atoms with Gasteiger partial charge in [-0.1, -0.05) is 43.2 Å². The SMILES string of the molecule is CN=C(NCCN(C)CCOC)NCC1(c2ccccc2)CCCC1. The Labute approximate surface area is 152 Å². The zero-order chi connectivity index (χ0) is 18.0. The molecule has 0 bridgehead atoms. The molecule has 1 aromatic carbocycles. The molecule has 0 atom stereocenters.